The van der Waals surface area contributed by atoms with E-state index in [0.717, 1.165) is 0 Å². The van der Waals surface area contributed by atoms with E-state index in [9.17, 15) is 9.59 Å². The number of anilines is 1. The molecule has 1 aromatic carbocycles. The number of amides is 1. The standard InChI is InChI=1S/C15H16N2O3S2/c1-15(2,3)13(19)20-10-7-5-4-6-9(10)12(18)17-14-16-8-11(21)22-14/h4-8,21H,1-3H3,(H,16,17,18). The summed E-state index contributed by atoms with van der Waals surface area (Å²) in [5.74, 6) is -0.567. The minimum atomic E-state index is -0.653. The van der Waals surface area contributed by atoms with E-state index in [1.165, 1.54) is 11.3 Å². The van der Waals surface area contributed by atoms with Crippen molar-refractivity contribution in [2.24, 2.45) is 5.41 Å². The molecule has 2 rings (SSSR count). The number of carbonyl (C=O) groups is 2. The maximum absolute atomic E-state index is 12.3. The van der Waals surface area contributed by atoms with Gasteiger partial charge >= 0.3 is 5.97 Å². The molecular formula is C15H16N2O3S2. The van der Waals surface area contributed by atoms with E-state index in [-0.39, 0.29) is 17.2 Å². The van der Waals surface area contributed by atoms with Crippen LogP contribution in [0.1, 0.15) is 31.1 Å². The Labute approximate surface area is 138 Å². The SMILES string of the molecule is CC(C)(C)C(=O)Oc1ccccc1C(=O)Nc1ncc(S)s1. The number of nitrogens with zero attached hydrogens (tertiary/aromatic N) is 1. The first-order valence-corrected chi connectivity index (χ1v) is 7.81. The van der Waals surface area contributed by atoms with Gasteiger partial charge in [-0.05, 0) is 32.9 Å². The van der Waals surface area contributed by atoms with Crippen LogP contribution in [0.2, 0.25) is 0 Å². The van der Waals surface area contributed by atoms with Gasteiger partial charge in [0.25, 0.3) is 5.91 Å². The molecule has 0 aliphatic rings. The fourth-order valence-electron chi connectivity index (χ4n) is 1.48. The Hall–Kier alpha value is -1.86. The van der Waals surface area contributed by atoms with Gasteiger partial charge in [-0.25, -0.2) is 4.98 Å². The minimum absolute atomic E-state index is 0.225. The highest BCUT2D eigenvalue weighted by molar-refractivity contribution is 7.83. The number of rotatable bonds is 3. The molecule has 0 radical (unpaired) electrons. The van der Waals surface area contributed by atoms with Gasteiger partial charge in [-0.2, -0.15) is 0 Å². The third-order valence-electron chi connectivity index (χ3n) is 2.66. The number of para-hydroxylation sites is 1. The largest absolute Gasteiger partial charge is 0.425 e. The zero-order valence-corrected chi connectivity index (χ0v) is 14.1. The molecule has 0 spiro atoms. The van der Waals surface area contributed by atoms with Crippen LogP contribution in [0.3, 0.4) is 0 Å². The highest BCUT2D eigenvalue weighted by Crippen LogP contribution is 2.25. The Kier molecular flexibility index (Phi) is 4.87. The average molecular weight is 336 g/mol. The minimum Gasteiger partial charge on any atom is -0.425 e. The summed E-state index contributed by atoms with van der Waals surface area (Å²) < 4.78 is 6.04. The van der Waals surface area contributed by atoms with Crippen molar-refractivity contribution in [1.82, 2.24) is 4.98 Å². The number of esters is 1. The van der Waals surface area contributed by atoms with Crippen LogP contribution in [0.5, 0.6) is 5.75 Å². The van der Waals surface area contributed by atoms with Gasteiger partial charge in [-0.15, -0.1) is 12.6 Å². The average Bonchev–Trinajstić information content (AvgIpc) is 2.83. The summed E-state index contributed by atoms with van der Waals surface area (Å²) in [7, 11) is 0. The molecule has 22 heavy (non-hydrogen) atoms. The van der Waals surface area contributed by atoms with Gasteiger partial charge in [0.05, 0.1) is 21.4 Å². The molecule has 1 N–H and O–H groups in total. The van der Waals surface area contributed by atoms with E-state index in [1.54, 1.807) is 51.2 Å². The lowest BCUT2D eigenvalue weighted by Crippen LogP contribution is -2.26. The fraction of sp³-hybridized carbons (Fsp3) is 0.267. The molecule has 0 bridgehead atoms. The quantitative estimate of drug-likeness (QED) is 0.510. The first-order chi connectivity index (χ1) is 10.3. The summed E-state index contributed by atoms with van der Waals surface area (Å²) in [6.07, 6.45) is 1.55. The molecular weight excluding hydrogens is 320 g/mol. The van der Waals surface area contributed by atoms with Gasteiger partial charge in [-0.3, -0.25) is 14.9 Å². The maximum atomic E-state index is 12.3. The van der Waals surface area contributed by atoms with Crippen molar-refractivity contribution in [3.63, 3.8) is 0 Å². The van der Waals surface area contributed by atoms with Gasteiger partial charge in [0.1, 0.15) is 5.75 Å². The van der Waals surface area contributed by atoms with Crippen LogP contribution in [-0.2, 0) is 4.79 Å². The molecule has 0 saturated heterocycles. The van der Waals surface area contributed by atoms with E-state index in [2.05, 4.69) is 22.9 Å². The Morgan fingerprint density at radius 2 is 1.95 bits per heavy atom. The predicted octanol–water partition coefficient (Wildman–Crippen LogP) is 3.64. The van der Waals surface area contributed by atoms with Crippen LogP contribution in [0.15, 0.2) is 34.7 Å². The normalized spacial score (nSPS) is 11.1. The number of ether oxygens (including phenoxy) is 1. The lowest BCUT2D eigenvalue weighted by Gasteiger charge is -2.17. The second kappa shape index (κ2) is 6.50. The van der Waals surface area contributed by atoms with E-state index >= 15 is 0 Å². The molecule has 0 aliphatic carbocycles. The van der Waals surface area contributed by atoms with E-state index in [1.807, 2.05) is 0 Å². The molecule has 1 aromatic heterocycles. The molecule has 0 saturated carbocycles. The Morgan fingerprint density at radius 3 is 2.55 bits per heavy atom. The van der Waals surface area contributed by atoms with Gasteiger partial charge in [0.2, 0.25) is 0 Å². The van der Waals surface area contributed by atoms with Crippen molar-refractivity contribution in [2.45, 2.75) is 25.0 Å². The van der Waals surface area contributed by atoms with Crippen molar-refractivity contribution in [3.05, 3.63) is 36.0 Å². The fourth-order valence-corrected chi connectivity index (χ4v) is 2.35. The van der Waals surface area contributed by atoms with Gasteiger partial charge in [0.15, 0.2) is 5.13 Å². The van der Waals surface area contributed by atoms with Crippen LogP contribution in [-0.4, -0.2) is 16.9 Å². The first-order valence-electron chi connectivity index (χ1n) is 6.55. The second-order valence-electron chi connectivity index (χ2n) is 5.59. The first kappa shape index (κ1) is 16.5. The van der Waals surface area contributed by atoms with Gasteiger partial charge in [-0.1, -0.05) is 23.5 Å². The second-order valence-corrected chi connectivity index (χ2v) is 7.41. The third kappa shape index (κ3) is 4.08. The molecule has 0 atom stereocenters. The summed E-state index contributed by atoms with van der Waals surface area (Å²) in [5.41, 5.74) is -0.379. The molecule has 2 aromatic rings. The molecule has 5 nitrogen and oxygen atoms in total. The zero-order chi connectivity index (χ0) is 16.3. The highest BCUT2D eigenvalue weighted by Gasteiger charge is 2.25. The number of carbonyl (C=O) groups excluding carboxylic acids is 2. The number of aromatic nitrogens is 1. The summed E-state index contributed by atoms with van der Waals surface area (Å²) in [6.45, 7) is 5.26. The van der Waals surface area contributed by atoms with Crippen molar-refractivity contribution < 1.29 is 14.3 Å². The predicted molar refractivity (Wildman–Crippen MR) is 88.9 cm³/mol. The molecule has 1 amide bonds. The zero-order valence-electron chi connectivity index (χ0n) is 12.4. The third-order valence-corrected chi connectivity index (χ3v) is 3.77. The summed E-state index contributed by atoms with van der Waals surface area (Å²) in [4.78, 5) is 28.3. The highest BCUT2D eigenvalue weighted by atomic mass is 32.2. The van der Waals surface area contributed by atoms with E-state index in [0.29, 0.717) is 9.34 Å². The summed E-state index contributed by atoms with van der Waals surface area (Å²) in [6, 6.07) is 6.59. The number of hydrogen-bond acceptors (Lipinski definition) is 6. The van der Waals surface area contributed by atoms with Crippen LogP contribution >= 0.6 is 24.0 Å². The summed E-state index contributed by atoms with van der Waals surface area (Å²) in [5, 5.41) is 3.10. The molecule has 7 heteroatoms. The van der Waals surface area contributed by atoms with Crippen LogP contribution < -0.4 is 10.1 Å². The lowest BCUT2D eigenvalue weighted by molar-refractivity contribution is -0.143. The topological polar surface area (TPSA) is 68.3 Å². The summed E-state index contributed by atoms with van der Waals surface area (Å²) >= 11 is 5.40. The Bertz CT molecular complexity index is 705. The number of thiazole rings is 1. The van der Waals surface area contributed by atoms with Crippen LogP contribution in [0, 0.1) is 5.41 Å². The van der Waals surface area contributed by atoms with Crippen molar-refractivity contribution in [2.75, 3.05) is 5.32 Å². The van der Waals surface area contributed by atoms with Crippen LogP contribution in [0.4, 0.5) is 5.13 Å². The van der Waals surface area contributed by atoms with Crippen molar-refractivity contribution >= 4 is 41.0 Å². The van der Waals surface area contributed by atoms with Crippen molar-refractivity contribution in [3.8, 4) is 5.75 Å². The molecule has 0 unspecified atom stereocenters. The van der Waals surface area contributed by atoms with E-state index in [4.69, 9.17) is 4.74 Å². The van der Waals surface area contributed by atoms with Crippen molar-refractivity contribution in [1.29, 1.82) is 0 Å². The van der Waals surface area contributed by atoms with E-state index < -0.39 is 11.4 Å². The molecule has 116 valence electrons. The van der Waals surface area contributed by atoms with Gasteiger partial charge in [0, 0.05) is 0 Å². The monoisotopic (exact) mass is 336 g/mol. The Balaban J connectivity index is 2.20. The number of thiol groups is 1. The van der Waals surface area contributed by atoms with Gasteiger partial charge < -0.3 is 4.74 Å². The molecule has 0 fully saturated rings. The Morgan fingerprint density at radius 1 is 1.27 bits per heavy atom. The number of hydrogen-bond donors (Lipinski definition) is 2. The lowest BCUT2D eigenvalue weighted by atomic mass is 9.97. The smallest absolute Gasteiger partial charge is 0.316 e. The number of benzene rings is 1. The molecule has 1 heterocycles. The maximum Gasteiger partial charge on any atom is 0.316 e. The molecule has 0 aliphatic heterocycles. The number of nitrogens with one attached hydrogen (secondary N) is 1. The van der Waals surface area contributed by atoms with Crippen LogP contribution in [0.25, 0.3) is 0 Å².